The molecule has 1 unspecified atom stereocenters. The SMILES string of the molecule is CC(C)(C)OC(=O)NC(c1ccccc1)c1cn[nH]c1. The van der Waals surface area contributed by atoms with E-state index < -0.39 is 11.7 Å². The summed E-state index contributed by atoms with van der Waals surface area (Å²) in [5, 5.41) is 9.56. The first-order valence-electron chi connectivity index (χ1n) is 6.49. The van der Waals surface area contributed by atoms with E-state index in [1.54, 1.807) is 12.4 Å². The maximum Gasteiger partial charge on any atom is 0.408 e. The van der Waals surface area contributed by atoms with E-state index in [1.807, 2.05) is 51.1 Å². The Hall–Kier alpha value is -2.30. The van der Waals surface area contributed by atoms with Gasteiger partial charge in [0.15, 0.2) is 0 Å². The number of H-pyrrole nitrogens is 1. The van der Waals surface area contributed by atoms with Crippen LogP contribution in [0.25, 0.3) is 0 Å². The molecule has 0 aliphatic rings. The number of aromatic nitrogens is 2. The second-order valence-electron chi connectivity index (χ2n) is 5.52. The first-order valence-corrected chi connectivity index (χ1v) is 6.49. The molecule has 0 aliphatic heterocycles. The highest BCUT2D eigenvalue weighted by Crippen LogP contribution is 2.21. The third-order valence-corrected chi connectivity index (χ3v) is 2.65. The lowest BCUT2D eigenvalue weighted by atomic mass is 10.0. The Morgan fingerprint density at radius 2 is 1.95 bits per heavy atom. The van der Waals surface area contributed by atoms with Gasteiger partial charge in [-0.2, -0.15) is 5.10 Å². The van der Waals surface area contributed by atoms with Crippen LogP contribution in [0, 0.1) is 0 Å². The molecule has 1 heterocycles. The van der Waals surface area contributed by atoms with Crippen LogP contribution in [0.3, 0.4) is 0 Å². The average Bonchev–Trinajstić information content (AvgIpc) is 2.88. The Bertz CT molecular complexity index is 544. The summed E-state index contributed by atoms with van der Waals surface area (Å²) >= 11 is 0. The molecule has 0 saturated heterocycles. The molecule has 0 spiro atoms. The molecular weight excluding hydrogens is 254 g/mol. The van der Waals surface area contributed by atoms with E-state index in [0.29, 0.717) is 0 Å². The molecule has 0 fully saturated rings. The topological polar surface area (TPSA) is 67.0 Å². The molecule has 0 saturated carbocycles. The zero-order valence-corrected chi connectivity index (χ0v) is 11.9. The molecule has 2 rings (SSSR count). The molecule has 106 valence electrons. The van der Waals surface area contributed by atoms with Gasteiger partial charge < -0.3 is 10.1 Å². The van der Waals surface area contributed by atoms with Crippen LogP contribution >= 0.6 is 0 Å². The fraction of sp³-hybridized carbons (Fsp3) is 0.333. The number of nitrogens with zero attached hydrogens (tertiary/aromatic N) is 1. The Morgan fingerprint density at radius 3 is 2.50 bits per heavy atom. The van der Waals surface area contributed by atoms with Crippen LogP contribution in [0.4, 0.5) is 4.79 Å². The fourth-order valence-electron chi connectivity index (χ4n) is 1.85. The molecule has 1 aromatic carbocycles. The van der Waals surface area contributed by atoms with E-state index >= 15 is 0 Å². The van der Waals surface area contributed by atoms with Crippen LogP contribution in [0.5, 0.6) is 0 Å². The summed E-state index contributed by atoms with van der Waals surface area (Å²) in [4.78, 5) is 12.0. The molecule has 1 amide bonds. The highest BCUT2D eigenvalue weighted by molar-refractivity contribution is 5.69. The van der Waals surface area contributed by atoms with Crippen molar-refractivity contribution in [1.82, 2.24) is 15.5 Å². The summed E-state index contributed by atoms with van der Waals surface area (Å²) in [5.74, 6) is 0. The number of ether oxygens (including phenoxy) is 1. The van der Waals surface area contributed by atoms with E-state index in [0.717, 1.165) is 11.1 Å². The van der Waals surface area contributed by atoms with Crippen molar-refractivity contribution >= 4 is 6.09 Å². The summed E-state index contributed by atoms with van der Waals surface area (Å²) in [6, 6.07) is 9.41. The Kier molecular flexibility index (Phi) is 4.08. The Balaban J connectivity index is 2.19. The first-order chi connectivity index (χ1) is 9.46. The third-order valence-electron chi connectivity index (χ3n) is 2.65. The lowest BCUT2D eigenvalue weighted by molar-refractivity contribution is 0.0512. The van der Waals surface area contributed by atoms with Crippen molar-refractivity contribution in [3.05, 3.63) is 53.9 Å². The minimum absolute atomic E-state index is 0.287. The van der Waals surface area contributed by atoms with Crippen LogP contribution in [0.15, 0.2) is 42.7 Å². The van der Waals surface area contributed by atoms with Crippen LogP contribution < -0.4 is 5.32 Å². The predicted octanol–water partition coefficient (Wildman–Crippen LogP) is 3.02. The number of rotatable bonds is 3. The highest BCUT2D eigenvalue weighted by atomic mass is 16.6. The number of aromatic amines is 1. The number of amides is 1. The van der Waals surface area contributed by atoms with Crippen LogP contribution in [-0.4, -0.2) is 21.9 Å². The van der Waals surface area contributed by atoms with Crippen LogP contribution in [-0.2, 0) is 4.74 Å². The van der Waals surface area contributed by atoms with Crippen molar-refractivity contribution in [2.24, 2.45) is 0 Å². The fourth-order valence-corrected chi connectivity index (χ4v) is 1.85. The Morgan fingerprint density at radius 1 is 1.25 bits per heavy atom. The van der Waals surface area contributed by atoms with Crippen molar-refractivity contribution in [2.45, 2.75) is 32.4 Å². The smallest absolute Gasteiger partial charge is 0.408 e. The summed E-state index contributed by atoms with van der Waals surface area (Å²) in [5.41, 5.74) is 1.32. The zero-order valence-electron chi connectivity index (χ0n) is 11.9. The lowest BCUT2D eigenvalue weighted by Gasteiger charge is -2.23. The maximum absolute atomic E-state index is 12.0. The number of hydrogen-bond acceptors (Lipinski definition) is 3. The van der Waals surface area contributed by atoms with Gasteiger partial charge in [-0.05, 0) is 26.3 Å². The zero-order chi connectivity index (χ0) is 14.6. The normalized spacial score (nSPS) is 12.8. The molecule has 0 bridgehead atoms. The molecule has 1 atom stereocenters. The van der Waals surface area contributed by atoms with Crippen molar-refractivity contribution < 1.29 is 9.53 Å². The van der Waals surface area contributed by atoms with E-state index in [-0.39, 0.29) is 6.04 Å². The number of carbonyl (C=O) groups excluding carboxylic acids is 1. The molecular formula is C15H19N3O2. The number of benzene rings is 1. The van der Waals surface area contributed by atoms with E-state index in [9.17, 15) is 4.79 Å². The maximum atomic E-state index is 12.0. The number of alkyl carbamates (subject to hydrolysis) is 1. The number of hydrogen-bond donors (Lipinski definition) is 2. The molecule has 0 radical (unpaired) electrons. The minimum Gasteiger partial charge on any atom is -0.444 e. The summed E-state index contributed by atoms with van der Waals surface area (Å²) in [6.45, 7) is 5.51. The van der Waals surface area contributed by atoms with Crippen molar-refractivity contribution in [2.75, 3.05) is 0 Å². The van der Waals surface area contributed by atoms with E-state index in [1.165, 1.54) is 0 Å². The van der Waals surface area contributed by atoms with Crippen molar-refractivity contribution in [3.63, 3.8) is 0 Å². The third kappa shape index (κ3) is 3.85. The summed E-state index contributed by atoms with van der Waals surface area (Å²) in [6.07, 6.45) is 3.00. The van der Waals surface area contributed by atoms with Gasteiger partial charge in [-0.3, -0.25) is 5.10 Å². The minimum atomic E-state index is -0.526. The molecule has 20 heavy (non-hydrogen) atoms. The highest BCUT2D eigenvalue weighted by Gasteiger charge is 2.22. The quantitative estimate of drug-likeness (QED) is 0.903. The van der Waals surface area contributed by atoms with Gasteiger partial charge in [0.25, 0.3) is 0 Å². The molecule has 2 aromatic rings. The van der Waals surface area contributed by atoms with Gasteiger partial charge in [0.2, 0.25) is 0 Å². The van der Waals surface area contributed by atoms with Crippen molar-refractivity contribution in [3.8, 4) is 0 Å². The van der Waals surface area contributed by atoms with Gasteiger partial charge >= 0.3 is 6.09 Å². The second-order valence-corrected chi connectivity index (χ2v) is 5.52. The average molecular weight is 273 g/mol. The summed E-state index contributed by atoms with van der Waals surface area (Å²) in [7, 11) is 0. The van der Waals surface area contributed by atoms with Crippen LogP contribution in [0.1, 0.15) is 37.9 Å². The van der Waals surface area contributed by atoms with Gasteiger partial charge in [-0.15, -0.1) is 0 Å². The van der Waals surface area contributed by atoms with Crippen LogP contribution in [0.2, 0.25) is 0 Å². The predicted molar refractivity (Wildman–Crippen MR) is 76.2 cm³/mol. The van der Waals surface area contributed by atoms with Gasteiger partial charge in [0, 0.05) is 11.8 Å². The molecule has 5 heteroatoms. The first kappa shape index (κ1) is 14.1. The molecule has 5 nitrogen and oxygen atoms in total. The molecule has 0 aliphatic carbocycles. The van der Waals surface area contributed by atoms with Gasteiger partial charge in [-0.25, -0.2) is 4.79 Å². The van der Waals surface area contributed by atoms with E-state index in [4.69, 9.17) is 4.74 Å². The van der Waals surface area contributed by atoms with Gasteiger partial charge in [-0.1, -0.05) is 30.3 Å². The second kappa shape index (κ2) is 5.77. The summed E-state index contributed by atoms with van der Waals surface area (Å²) < 4.78 is 5.31. The Labute approximate surface area is 118 Å². The van der Waals surface area contributed by atoms with Gasteiger partial charge in [0.05, 0.1) is 12.2 Å². The number of nitrogens with one attached hydrogen (secondary N) is 2. The van der Waals surface area contributed by atoms with Crippen molar-refractivity contribution in [1.29, 1.82) is 0 Å². The standard InChI is InChI=1S/C15H19N3O2/c1-15(2,3)20-14(19)18-13(12-9-16-17-10-12)11-7-5-4-6-8-11/h4-10,13H,1-3H3,(H,16,17)(H,18,19). The molecule has 2 N–H and O–H groups in total. The monoisotopic (exact) mass is 273 g/mol. The van der Waals surface area contributed by atoms with Gasteiger partial charge in [0.1, 0.15) is 5.60 Å². The lowest BCUT2D eigenvalue weighted by Crippen LogP contribution is -2.35. The molecule has 1 aromatic heterocycles. The van der Waals surface area contributed by atoms with E-state index in [2.05, 4.69) is 15.5 Å². The number of carbonyl (C=O) groups is 1. The largest absolute Gasteiger partial charge is 0.444 e.